The fourth-order valence-corrected chi connectivity index (χ4v) is 4.14. The van der Waals surface area contributed by atoms with Crippen LogP contribution in [0.4, 0.5) is 5.69 Å². The van der Waals surface area contributed by atoms with Crippen LogP contribution in [0.5, 0.6) is 0 Å². The molecule has 1 atom stereocenters. The van der Waals surface area contributed by atoms with Crippen molar-refractivity contribution in [3.05, 3.63) is 60.2 Å². The molecule has 1 heterocycles. The molecule has 0 aromatic heterocycles. The van der Waals surface area contributed by atoms with Crippen molar-refractivity contribution in [2.24, 2.45) is 0 Å². The summed E-state index contributed by atoms with van der Waals surface area (Å²) in [4.78, 5) is 0.341. The van der Waals surface area contributed by atoms with Crippen molar-refractivity contribution < 1.29 is 13.2 Å². The van der Waals surface area contributed by atoms with Gasteiger partial charge in [0.25, 0.3) is 10.0 Å². The third kappa shape index (κ3) is 3.74. The summed E-state index contributed by atoms with van der Waals surface area (Å²) in [6, 6.07) is 16.4. The fraction of sp³-hybridized carbons (Fsp3) is 0.333. The van der Waals surface area contributed by atoms with Gasteiger partial charge >= 0.3 is 0 Å². The van der Waals surface area contributed by atoms with Crippen molar-refractivity contribution >= 4 is 15.7 Å². The van der Waals surface area contributed by atoms with E-state index in [1.165, 1.54) is 4.31 Å². The highest BCUT2D eigenvalue weighted by molar-refractivity contribution is 7.92. The summed E-state index contributed by atoms with van der Waals surface area (Å²) in [5, 5.41) is 0. The van der Waals surface area contributed by atoms with Crippen LogP contribution < -0.4 is 4.31 Å². The minimum Gasteiger partial charge on any atom is -0.371 e. The van der Waals surface area contributed by atoms with Gasteiger partial charge in [0.15, 0.2) is 0 Å². The van der Waals surface area contributed by atoms with E-state index in [1.807, 2.05) is 42.5 Å². The molecule has 0 bridgehead atoms. The quantitative estimate of drug-likeness (QED) is 0.732. The summed E-state index contributed by atoms with van der Waals surface area (Å²) >= 11 is 0. The molecule has 0 N–H and O–H groups in total. The Balaban J connectivity index is 1.98. The Kier molecular flexibility index (Phi) is 4.68. The number of hydrogen-bond acceptors (Lipinski definition) is 3. The monoisotopic (exact) mass is 331 g/mol. The zero-order valence-electron chi connectivity index (χ0n) is 13.2. The van der Waals surface area contributed by atoms with E-state index in [0.717, 1.165) is 18.4 Å². The van der Waals surface area contributed by atoms with Crippen LogP contribution in [0.2, 0.25) is 0 Å². The topological polar surface area (TPSA) is 49.9 Å². The van der Waals surface area contributed by atoms with Crippen LogP contribution in [-0.2, 0) is 21.2 Å². The third-order valence-electron chi connectivity index (χ3n) is 3.84. The van der Waals surface area contributed by atoms with Crippen LogP contribution in [-0.4, -0.2) is 27.7 Å². The fourth-order valence-electron chi connectivity index (χ4n) is 2.57. The number of ether oxygens (including phenoxy) is 1. The normalized spacial score (nSPS) is 17.0. The molecule has 5 heteroatoms. The SMILES string of the molecule is CCCc1cccc(S(=O)(=O)N(CC2CO2)c2ccccc2)c1. The molecule has 0 radical (unpaired) electrons. The summed E-state index contributed by atoms with van der Waals surface area (Å²) in [6.07, 6.45) is 1.85. The molecule has 1 aliphatic rings. The third-order valence-corrected chi connectivity index (χ3v) is 5.63. The van der Waals surface area contributed by atoms with Crippen LogP contribution >= 0.6 is 0 Å². The number of epoxide rings is 1. The highest BCUT2D eigenvalue weighted by atomic mass is 32.2. The molecule has 122 valence electrons. The first-order valence-electron chi connectivity index (χ1n) is 7.89. The van der Waals surface area contributed by atoms with E-state index >= 15 is 0 Å². The number of nitrogens with zero attached hydrogens (tertiary/aromatic N) is 1. The van der Waals surface area contributed by atoms with Gasteiger partial charge in [-0.05, 0) is 36.2 Å². The molecule has 2 aromatic carbocycles. The highest BCUT2D eigenvalue weighted by Crippen LogP contribution is 2.26. The summed E-state index contributed by atoms with van der Waals surface area (Å²) in [7, 11) is -3.60. The second-order valence-electron chi connectivity index (χ2n) is 5.72. The van der Waals surface area contributed by atoms with Crippen molar-refractivity contribution in [3.63, 3.8) is 0 Å². The van der Waals surface area contributed by atoms with E-state index in [-0.39, 0.29) is 6.10 Å². The molecule has 3 rings (SSSR count). The first kappa shape index (κ1) is 16.0. The van der Waals surface area contributed by atoms with Gasteiger partial charge < -0.3 is 4.74 Å². The van der Waals surface area contributed by atoms with Gasteiger partial charge in [0.2, 0.25) is 0 Å². The van der Waals surface area contributed by atoms with Gasteiger partial charge in [0, 0.05) is 0 Å². The standard InChI is InChI=1S/C18H21NO3S/c1-2-7-15-8-6-11-18(12-15)23(20,21)19(13-17-14-22-17)16-9-4-3-5-10-16/h3-6,8-12,17H,2,7,13-14H2,1H3. The average molecular weight is 331 g/mol. The van der Waals surface area contributed by atoms with E-state index < -0.39 is 10.0 Å². The van der Waals surface area contributed by atoms with Crippen LogP contribution in [0.1, 0.15) is 18.9 Å². The van der Waals surface area contributed by atoms with Crippen molar-refractivity contribution in [1.82, 2.24) is 0 Å². The number of hydrogen-bond donors (Lipinski definition) is 0. The Morgan fingerprint density at radius 3 is 2.52 bits per heavy atom. The molecule has 1 saturated heterocycles. The molecule has 4 nitrogen and oxygen atoms in total. The van der Waals surface area contributed by atoms with Crippen molar-refractivity contribution in [3.8, 4) is 0 Å². The lowest BCUT2D eigenvalue weighted by atomic mass is 10.1. The Hall–Kier alpha value is -1.85. The maximum absolute atomic E-state index is 13.1. The molecular formula is C18H21NO3S. The van der Waals surface area contributed by atoms with Gasteiger partial charge in [-0.3, -0.25) is 4.31 Å². The Morgan fingerprint density at radius 1 is 1.13 bits per heavy atom. The smallest absolute Gasteiger partial charge is 0.264 e. The molecule has 2 aromatic rings. The lowest BCUT2D eigenvalue weighted by molar-refractivity contribution is 0.412. The van der Waals surface area contributed by atoms with Gasteiger partial charge in [-0.1, -0.05) is 43.7 Å². The zero-order valence-corrected chi connectivity index (χ0v) is 14.0. The van der Waals surface area contributed by atoms with Crippen LogP contribution in [0.15, 0.2) is 59.5 Å². The van der Waals surface area contributed by atoms with Crippen molar-refractivity contribution in [2.75, 3.05) is 17.5 Å². The summed E-state index contributed by atoms with van der Waals surface area (Å²) in [6.45, 7) is 3.06. The number of anilines is 1. The number of aryl methyl sites for hydroxylation is 1. The first-order chi connectivity index (χ1) is 11.1. The molecule has 0 aliphatic carbocycles. The van der Waals surface area contributed by atoms with Gasteiger partial charge in [-0.2, -0.15) is 0 Å². The van der Waals surface area contributed by atoms with Crippen LogP contribution in [0.25, 0.3) is 0 Å². The van der Waals surface area contributed by atoms with E-state index in [4.69, 9.17) is 4.74 Å². The highest BCUT2D eigenvalue weighted by Gasteiger charge is 2.32. The van der Waals surface area contributed by atoms with Crippen molar-refractivity contribution in [2.45, 2.75) is 30.8 Å². The lowest BCUT2D eigenvalue weighted by Gasteiger charge is -2.24. The largest absolute Gasteiger partial charge is 0.371 e. The minimum atomic E-state index is -3.60. The van der Waals surface area contributed by atoms with E-state index in [0.29, 0.717) is 23.7 Å². The molecule has 0 saturated carbocycles. The number of benzene rings is 2. The van der Waals surface area contributed by atoms with Gasteiger partial charge in [0.1, 0.15) is 0 Å². The molecule has 0 amide bonds. The number of para-hydroxylation sites is 1. The Bertz CT molecular complexity index is 755. The van der Waals surface area contributed by atoms with Crippen LogP contribution in [0, 0.1) is 0 Å². The van der Waals surface area contributed by atoms with Gasteiger partial charge in [0.05, 0.1) is 29.8 Å². The maximum atomic E-state index is 13.1. The second-order valence-corrected chi connectivity index (χ2v) is 7.59. The zero-order chi connectivity index (χ0) is 16.3. The summed E-state index contributed by atoms with van der Waals surface area (Å²) < 4.78 is 32.9. The van der Waals surface area contributed by atoms with Crippen molar-refractivity contribution in [1.29, 1.82) is 0 Å². The average Bonchev–Trinajstić information content (AvgIpc) is 3.38. The van der Waals surface area contributed by atoms with Gasteiger partial charge in [-0.25, -0.2) is 8.42 Å². The van der Waals surface area contributed by atoms with Crippen LogP contribution in [0.3, 0.4) is 0 Å². The first-order valence-corrected chi connectivity index (χ1v) is 9.33. The summed E-state index contributed by atoms with van der Waals surface area (Å²) in [5.74, 6) is 0. The van der Waals surface area contributed by atoms with E-state index in [2.05, 4.69) is 6.92 Å². The molecular weight excluding hydrogens is 310 g/mol. The molecule has 1 fully saturated rings. The minimum absolute atomic E-state index is 0.0104. The molecule has 23 heavy (non-hydrogen) atoms. The maximum Gasteiger partial charge on any atom is 0.264 e. The second kappa shape index (κ2) is 6.72. The van der Waals surface area contributed by atoms with E-state index in [9.17, 15) is 8.42 Å². The Labute approximate surface area is 137 Å². The van der Waals surface area contributed by atoms with Gasteiger partial charge in [-0.15, -0.1) is 0 Å². The lowest BCUT2D eigenvalue weighted by Crippen LogP contribution is -2.34. The van der Waals surface area contributed by atoms with E-state index in [1.54, 1.807) is 12.1 Å². The molecule has 0 spiro atoms. The Morgan fingerprint density at radius 2 is 1.87 bits per heavy atom. The molecule has 1 unspecified atom stereocenters. The molecule has 1 aliphatic heterocycles. The predicted molar refractivity (Wildman–Crippen MR) is 91.2 cm³/mol. The predicted octanol–water partition coefficient (Wildman–Crippen LogP) is 3.23. The number of rotatable bonds is 7. The number of sulfonamides is 1. The summed E-state index contributed by atoms with van der Waals surface area (Å²) in [5.41, 5.74) is 1.72.